The Morgan fingerprint density at radius 2 is 1.94 bits per heavy atom. The van der Waals surface area contributed by atoms with E-state index in [4.69, 9.17) is 22.6 Å². The van der Waals surface area contributed by atoms with Gasteiger partial charge in [0.15, 0.2) is 0 Å². The molecule has 0 bridgehead atoms. The average molecular weight is 323 g/mol. The Hall–Kier alpha value is -1.70. The SMILES string of the molecule is N#Cc1ccc(Cl)c(Nc2ccc(N)cc2Br)c1. The monoisotopic (exact) mass is 321 g/mol. The fourth-order valence-corrected chi connectivity index (χ4v) is 2.13. The predicted molar refractivity (Wildman–Crippen MR) is 78.0 cm³/mol. The molecule has 5 heteroatoms. The quantitative estimate of drug-likeness (QED) is 0.810. The summed E-state index contributed by atoms with van der Waals surface area (Å²) in [6.07, 6.45) is 0. The van der Waals surface area contributed by atoms with Crippen LogP contribution in [0.15, 0.2) is 40.9 Å². The van der Waals surface area contributed by atoms with E-state index in [1.54, 1.807) is 30.3 Å². The molecule has 0 heterocycles. The third-order valence-corrected chi connectivity index (χ3v) is 3.34. The normalized spacial score (nSPS) is 9.83. The van der Waals surface area contributed by atoms with E-state index in [2.05, 4.69) is 27.3 Å². The summed E-state index contributed by atoms with van der Waals surface area (Å²) in [5.74, 6) is 0. The highest BCUT2D eigenvalue weighted by Gasteiger charge is 2.05. The van der Waals surface area contributed by atoms with Gasteiger partial charge in [0.2, 0.25) is 0 Å². The molecule has 0 saturated heterocycles. The Balaban J connectivity index is 2.37. The maximum atomic E-state index is 8.86. The van der Waals surface area contributed by atoms with Gasteiger partial charge in [0.25, 0.3) is 0 Å². The largest absolute Gasteiger partial charge is 0.399 e. The number of nitrogen functional groups attached to an aromatic ring is 1. The number of benzene rings is 2. The first kappa shape index (κ1) is 12.7. The topological polar surface area (TPSA) is 61.8 Å². The molecular formula is C13H9BrClN3. The number of nitrogens with two attached hydrogens (primary N) is 1. The van der Waals surface area contributed by atoms with E-state index < -0.39 is 0 Å². The lowest BCUT2D eigenvalue weighted by Gasteiger charge is -2.11. The van der Waals surface area contributed by atoms with E-state index in [1.807, 2.05) is 6.07 Å². The van der Waals surface area contributed by atoms with Gasteiger partial charge in [0.1, 0.15) is 0 Å². The molecule has 0 atom stereocenters. The number of hydrogen-bond donors (Lipinski definition) is 2. The van der Waals surface area contributed by atoms with Crippen LogP contribution in [0.25, 0.3) is 0 Å². The van der Waals surface area contributed by atoms with Crippen LogP contribution in [0.1, 0.15) is 5.56 Å². The third kappa shape index (κ3) is 2.76. The molecule has 0 aliphatic carbocycles. The van der Waals surface area contributed by atoms with Gasteiger partial charge in [-0.1, -0.05) is 11.6 Å². The molecule has 0 spiro atoms. The molecule has 0 aliphatic rings. The molecule has 0 radical (unpaired) electrons. The molecule has 0 amide bonds. The average Bonchev–Trinajstić information content (AvgIpc) is 2.35. The van der Waals surface area contributed by atoms with Crippen molar-refractivity contribution >= 4 is 44.6 Å². The molecule has 3 N–H and O–H groups in total. The minimum atomic E-state index is 0.550. The highest BCUT2D eigenvalue weighted by molar-refractivity contribution is 9.10. The second-order valence-electron chi connectivity index (χ2n) is 3.67. The van der Waals surface area contributed by atoms with Gasteiger partial charge in [-0.3, -0.25) is 0 Å². The standard InChI is InChI=1S/C13H9BrClN3/c14-10-6-9(17)2-4-12(10)18-13-5-8(7-16)1-3-11(13)15/h1-6,18H,17H2. The molecule has 3 nitrogen and oxygen atoms in total. The maximum Gasteiger partial charge on any atom is 0.0992 e. The van der Waals surface area contributed by atoms with E-state index in [-0.39, 0.29) is 0 Å². The van der Waals surface area contributed by atoms with Crippen molar-refractivity contribution in [3.63, 3.8) is 0 Å². The van der Waals surface area contributed by atoms with E-state index in [0.29, 0.717) is 22.0 Å². The summed E-state index contributed by atoms with van der Waals surface area (Å²) in [7, 11) is 0. The Labute approximate surface area is 118 Å². The molecule has 0 fully saturated rings. The van der Waals surface area contributed by atoms with Crippen LogP contribution >= 0.6 is 27.5 Å². The van der Waals surface area contributed by atoms with E-state index in [9.17, 15) is 0 Å². The van der Waals surface area contributed by atoms with Crippen LogP contribution in [0.2, 0.25) is 5.02 Å². The summed E-state index contributed by atoms with van der Waals surface area (Å²) in [5.41, 5.74) is 8.41. The Bertz CT molecular complexity index is 635. The van der Waals surface area contributed by atoms with Gasteiger partial charge >= 0.3 is 0 Å². The maximum absolute atomic E-state index is 8.86. The Kier molecular flexibility index (Phi) is 3.75. The fraction of sp³-hybridized carbons (Fsp3) is 0. The van der Waals surface area contributed by atoms with Crippen molar-refractivity contribution in [3.05, 3.63) is 51.5 Å². The zero-order valence-corrected chi connectivity index (χ0v) is 11.6. The van der Waals surface area contributed by atoms with Crippen LogP contribution in [0, 0.1) is 11.3 Å². The molecule has 2 rings (SSSR count). The molecule has 2 aromatic carbocycles. The predicted octanol–water partition coefficient (Wildman–Crippen LogP) is 4.30. The Morgan fingerprint density at radius 3 is 2.61 bits per heavy atom. The second kappa shape index (κ2) is 5.30. The number of rotatable bonds is 2. The first-order chi connectivity index (χ1) is 8.60. The lowest BCUT2D eigenvalue weighted by Crippen LogP contribution is -1.94. The molecular weight excluding hydrogens is 314 g/mol. The molecule has 2 aromatic rings. The molecule has 0 aliphatic heterocycles. The van der Waals surface area contributed by atoms with Crippen LogP contribution in [-0.4, -0.2) is 0 Å². The van der Waals surface area contributed by atoms with Gasteiger partial charge in [0, 0.05) is 10.2 Å². The zero-order valence-electron chi connectivity index (χ0n) is 9.24. The highest BCUT2D eigenvalue weighted by Crippen LogP contribution is 2.31. The highest BCUT2D eigenvalue weighted by atomic mass is 79.9. The van der Waals surface area contributed by atoms with Crippen molar-refractivity contribution in [2.24, 2.45) is 0 Å². The fourth-order valence-electron chi connectivity index (χ4n) is 1.47. The van der Waals surface area contributed by atoms with Crippen molar-refractivity contribution in [2.75, 3.05) is 11.1 Å². The van der Waals surface area contributed by atoms with Crippen LogP contribution in [0.3, 0.4) is 0 Å². The summed E-state index contributed by atoms with van der Waals surface area (Å²) in [6.45, 7) is 0. The van der Waals surface area contributed by atoms with Crippen molar-refractivity contribution in [3.8, 4) is 6.07 Å². The van der Waals surface area contributed by atoms with Crippen molar-refractivity contribution in [1.82, 2.24) is 0 Å². The number of halogens is 2. The van der Waals surface area contributed by atoms with Crippen LogP contribution in [0.5, 0.6) is 0 Å². The third-order valence-electron chi connectivity index (χ3n) is 2.36. The first-order valence-corrected chi connectivity index (χ1v) is 6.29. The number of anilines is 3. The summed E-state index contributed by atoms with van der Waals surface area (Å²) >= 11 is 9.49. The molecule has 90 valence electrons. The summed E-state index contributed by atoms with van der Waals surface area (Å²) < 4.78 is 0.834. The second-order valence-corrected chi connectivity index (χ2v) is 4.93. The lowest BCUT2D eigenvalue weighted by molar-refractivity contribution is 1.47. The number of nitrogens with zero attached hydrogens (tertiary/aromatic N) is 1. The van der Waals surface area contributed by atoms with E-state index >= 15 is 0 Å². The van der Waals surface area contributed by atoms with Gasteiger partial charge in [-0.15, -0.1) is 0 Å². The number of hydrogen-bond acceptors (Lipinski definition) is 3. The molecule has 18 heavy (non-hydrogen) atoms. The van der Waals surface area contributed by atoms with Crippen LogP contribution in [0.4, 0.5) is 17.1 Å². The van der Waals surface area contributed by atoms with Gasteiger partial charge in [0.05, 0.1) is 28.0 Å². The summed E-state index contributed by atoms with van der Waals surface area (Å²) in [4.78, 5) is 0. The van der Waals surface area contributed by atoms with Gasteiger partial charge in [-0.25, -0.2) is 0 Å². The van der Waals surface area contributed by atoms with Gasteiger partial charge in [-0.2, -0.15) is 5.26 Å². The number of nitrogens with one attached hydrogen (secondary N) is 1. The van der Waals surface area contributed by atoms with Crippen molar-refractivity contribution < 1.29 is 0 Å². The van der Waals surface area contributed by atoms with Crippen molar-refractivity contribution in [2.45, 2.75) is 0 Å². The lowest BCUT2D eigenvalue weighted by atomic mass is 10.2. The van der Waals surface area contributed by atoms with Crippen molar-refractivity contribution in [1.29, 1.82) is 5.26 Å². The van der Waals surface area contributed by atoms with E-state index in [0.717, 1.165) is 10.2 Å². The summed E-state index contributed by atoms with van der Waals surface area (Å²) in [6, 6.07) is 12.6. The minimum absolute atomic E-state index is 0.550. The van der Waals surface area contributed by atoms with E-state index in [1.165, 1.54) is 0 Å². The molecule has 0 aromatic heterocycles. The van der Waals surface area contributed by atoms with Crippen LogP contribution in [-0.2, 0) is 0 Å². The molecule has 0 unspecified atom stereocenters. The first-order valence-electron chi connectivity index (χ1n) is 5.12. The minimum Gasteiger partial charge on any atom is -0.399 e. The van der Waals surface area contributed by atoms with Gasteiger partial charge in [-0.05, 0) is 52.3 Å². The molecule has 0 saturated carbocycles. The Morgan fingerprint density at radius 1 is 1.17 bits per heavy atom. The van der Waals surface area contributed by atoms with Gasteiger partial charge < -0.3 is 11.1 Å². The number of nitriles is 1. The smallest absolute Gasteiger partial charge is 0.0992 e. The summed E-state index contributed by atoms with van der Waals surface area (Å²) in [5, 5.41) is 12.6. The zero-order chi connectivity index (χ0) is 13.1. The van der Waals surface area contributed by atoms with Crippen LogP contribution < -0.4 is 11.1 Å².